The van der Waals surface area contributed by atoms with E-state index in [1.54, 1.807) is 30.5 Å². The molecule has 2 heterocycles. The number of amides is 2. The molecular formula is C23H23FN4O3. The van der Waals surface area contributed by atoms with E-state index >= 15 is 0 Å². The van der Waals surface area contributed by atoms with Crippen LogP contribution in [0.4, 0.5) is 15.8 Å². The van der Waals surface area contributed by atoms with Gasteiger partial charge in [0.1, 0.15) is 5.82 Å². The summed E-state index contributed by atoms with van der Waals surface area (Å²) in [5.74, 6) is -0.157. The van der Waals surface area contributed by atoms with E-state index in [0.717, 1.165) is 31.6 Å². The van der Waals surface area contributed by atoms with Gasteiger partial charge < -0.3 is 20.4 Å². The number of nitrogens with zero attached hydrogens (tertiary/aromatic N) is 2. The highest BCUT2D eigenvalue weighted by atomic mass is 19.1. The fraction of sp³-hybridized carbons (Fsp3) is 0.261. The molecule has 31 heavy (non-hydrogen) atoms. The van der Waals surface area contributed by atoms with Crippen LogP contribution in [0.25, 0.3) is 11.3 Å². The Labute approximate surface area is 179 Å². The summed E-state index contributed by atoms with van der Waals surface area (Å²) in [6.45, 7) is 1.81. The van der Waals surface area contributed by atoms with E-state index < -0.39 is 5.91 Å². The summed E-state index contributed by atoms with van der Waals surface area (Å²) in [7, 11) is 0. The van der Waals surface area contributed by atoms with E-state index in [1.165, 1.54) is 12.1 Å². The lowest BCUT2D eigenvalue weighted by atomic mass is 10.1. The zero-order valence-corrected chi connectivity index (χ0v) is 16.9. The van der Waals surface area contributed by atoms with E-state index in [2.05, 4.69) is 15.2 Å². The van der Waals surface area contributed by atoms with Gasteiger partial charge in [-0.1, -0.05) is 0 Å². The normalized spacial score (nSPS) is 13.4. The first-order chi connectivity index (χ1) is 15.0. The molecule has 0 bridgehead atoms. The second-order valence-electron chi connectivity index (χ2n) is 7.46. The first-order valence-corrected chi connectivity index (χ1v) is 10.2. The van der Waals surface area contributed by atoms with Crippen LogP contribution >= 0.6 is 0 Å². The van der Waals surface area contributed by atoms with Crippen LogP contribution in [0.15, 0.2) is 53.1 Å². The Morgan fingerprint density at radius 2 is 1.87 bits per heavy atom. The molecule has 4 rings (SSSR count). The summed E-state index contributed by atoms with van der Waals surface area (Å²) in [5.41, 5.74) is 7.91. The Bertz CT molecular complexity index is 1090. The highest BCUT2D eigenvalue weighted by Gasteiger charge is 2.19. The second-order valence-corrected chi connectivity index (χ2v) is 7.46. The van der Waals surface area contributed by atoms with E-state index in [-0.39, 0.29) is 18.1 Å². The Kier molecular flexibility index (Phi) is 5.97. The van der Waals surface area contributed by atoms with Crippen molar-refractivity contribution in [2.45, 2.75) is 25.7 Å². The molecule has 0 unspecified atom stereocenters. The van der Waals surface area contributed by atoms with Crippen LogP contribution in [-0.4, -0.2) is 29.9 Å². The van der Waals surface area contributed by atoms with E-state index in [1.807, 2.05) is 6.07 Å². The Morgan fingerprint density at radius 1 is 1.13 bits per heavy atom. The minimum Gasteiger partial charge on any atom is -0.441 e. The average molecular weight is 422 g/mol. The van der Waals surface area contributed by atoms with Crippen molar-refractivity contribution in [2.24, 2.45) is 5.73 Å². The Morgan fingerprint density at radius 3 is 2.58 bits per heavy atom. The number of carbonyl (C=O) groups excluding carboxylic acids is 2. The van der Waals surface area contributed by atoms with Gasteiger partial charge in [-0.25, -0.2) is 9.37 Å². The van der Waals surface area contributed by atoms with Crippen molar-refractivity contribution >= 4 is 23.2 Å². The Hall–Kier alpha value is -3.68. The molecule has 7 nitrogen and oxygen atoms in total. The van der Waals surface area contributed by atoms with E-state index in [9.17, 15) is 14.0 Å². The van der Waals surface area contributed by atoms with Gasteiger partial charge in [0.2, 0.25) is 11.8 Å². The molecule has 0 atom stereocenters. The molecule has 8 heteroatoms. The molecule has 1 saturated heterocycles. The van der Waals surface area contributed by atoms with Crippen LogP contribution in [0, 0.1) is 5.82 Å². The standard InChI is InChI=1S/C23H23FN4O3/c24-17-6-3-15(4-7-17)20-14-26-22(31-20)10-9-21(29)27-18-13-16(23(25)30)5-8-19(18)28-11-1-2-12-28/h3-8,13-14H,1-2,9-12H2,(H2,25,30)(H,27,29). The van der Waals surface area contributed by atoms with Gasteiger partial charge in [0.15, 0.2) is 11.7 Å². The molecule has 0 spiro atoms. The van der Waals surface area contributed by atoms with Crippen molar-refractivity contribution in [1.82, 2.24) is 4.98 Å². The van der Waals surface area contributed by atoms with Crippen LogP contribution in [-0.2, 0) is 11.2 Å². The van der Waals surface area contributed by atoms with Gasteiger partial charge in [-0.05, 0) is 55.3 Å². The number of rotatable bonds is 7. The number of nitrogens with one attached hydrogen (secondary N) is 1. The molecule has 2 aromatic carbocycles. The molecule has 3 N–H and O–H groups in total. The molecule has 1 aliphatic rings. The van der Waals surface area contributed by atoms with Crippen LogP contribution < -0.4 is 16.0 Å². The van der Waals surface area contributed by atoms with Crippen molar-refractivity contribution in [3.63, 3.8) is 0 Å². The molecule has 0 radical (unpaired) electrons. The highest BCUT2D eigenvalue weighted by Crippen LogP contribution is 2.30. The maximum Gasteiger partial charge on any atom is 0.248 e. The molecular weight excluding hydrogens is 399 g/mol. The number of anilines is 2. The SMILES string of the molecule is NC(=O)c1ccc(N2CCCC2)c(NC(=O)CCc2ncc(-c3ccc(F)cc3)o2)c1. The number of hydrogen-bond donors (Lipinski definition) is 2. The molecule has 2 amide bonds. The summed E-state index contributed by atoms with van der Waals surface area (Å²) in [5, 5.41) is 2.90. The van der Waals surface area contributed by atoms with Gasteiger partial charge in [0.25, 0.3) is 0 Å². The molecule has 0 aliphatic carbocycles. The first-order valence-electron chi connectivity index (χ1n) is 10.2. The lowest BCUT2D eigenvalue weighted by molar-refractivity contribution is -0.116. The average Bonchev–Trinajstić information content (AvgIpc) is 3.45. The number of nitrogens with two attached hydrogens (primary N) is 1. The molecule has 1 aliphatic heterocycles. The van der Waals surface area contributed by atoms with Gasteiger partial charge >= 0.3 is 0 Å². The van der Waals surface area contributed by atoms with E-state index in [4.69, 9.17) is 10.2 Å². The van der Waals surface area contributed by atoms with Gasteiger partial charge in [0.05, 0.1) is 17.6 Å². The monoisotopic (exact) mass is 422 g/mol. The minimum atomic E-state index is -0.545. The fourth-order valence-corrected chi connectivity index (χ4v) is 3.63. The third kappa shape index (κ3) is 4.91. The predicted octanol–water partition coefficient (Wildman–Crippen LogP) is 3.75. The largest absolute Gasteiger partial charge is 0.441 e. The van der Waals surface area contributed by atoms with Crippen molar-refractivity contribution < 1.29 is 18.4 Å². The second kappa shape index (κ2) is 8.99. The van der Waals surface area contributed by atoms with Crippen molar-refractivity contribution in [3.8, 4) is 11.3 Å². The molecule has 1 aromatic heterocycles. The van der Waals surface area contributed by atoms with Gasteiger partial charge in [0, 0.05) is 37.1 Å². The number of benzene rings is 2. The number of oxazole rings is 1. The Balaban J connectivity index is 1.42. The van der Waals surface area contributed by atoms with Crippen molar-refractivity contribution in [3.05, 3.63) is 65.9 Å². The van der Waals surface area contributed by atoms with E-state index in [0.29, 0.717) is 34.9 Å². The van der Waals surface area contributed by atoms with Crippen LogP contribution in [0.1, 0.15) is 35.5 Å². The first kappa shape index (κ1) is 20.6. The molecule has 3 aromatic rings. The van der Waals surface area contributed by atoms with Crippen LogP contribution in [0.3, 0.4) is 0 Å². The number of halogens is 1. The summed E-state index contributed by atoms with van der Waals surface area (Å²) < 4.78 is 18.8. The smallest absolute Gasteiger partial charge is 0.248 e. The number of carbonyl (C=O) groups is 2. The lowest BCUT2D eigenvalue weighted by Crippen LogP contribution is -2.22. The third-order valence-electron chi connectivity index (χ3n) is 5.25. The molecule has 1 fully saturated rings. The van der Waals surface area contributed by atoms with Crippen molar-refractivity contribution in [1.29, 1.82) is 0 Å². The van der Waals surface area contributed by atoms with Crippen LogP contribution in [0.2, 0.25) is 0 Å². The summed E-state index contributed by atoms with van der Waals surface area (Å²) >= 11 is 0. The van der Waals surface area contributed by atoms with Gasteiger partial charge in [-0.2, -0.15) is 0 Å². The molecule has 160 valence electrons. The number of hydrogen-bond acceptors (Lipinski definition) is 5. The topological polar surface area (TPSA) is 101 Å². The zero-order valence-electron chi connectivity index (χ0n) is 16.9. The minimum absolute atomic E-state index is 0.156. The van der Waals surface area contributed by atoms with Crippen molar-refractivity contribution in [2.75, 3.05) is 23.3 Å². The maximum atomic E-state index is 13.1. The number of aryl methyl sites for hydroxylation is 1. The zero-order chi connectivity index (χ0) is 21.8. The van der Waals surface area contributed by atoms with Gasteiger partial charge in [-0.15, -0.1) is 0 Å². The lowest BCUT2D eigenvalue weighted by Gasteiger charge is -2.22. The number of primary amides is 1. The quantitative estimate of drug-likeness (QED) is 0.604. The molecule has 0 saturated carbocycles. The predicted molar refractivity (Wildman–Crippen MR) is 115 cm³/mol. The van der Waals surface area contributed by atoms with Gasteiger partial charge in [-0.3, -0.25) is 9.59 Å². The fourth-order valence-electron chi connectivity index (χ4n) is 3.63. The third-order valence-corrected chi connectivity index (χ3v) is 5.25. The highest BCUT2D eigenvalue weighted by molar-refractivity contribution is 5.99. The van der Waals surface area contributed by atoms with Crippen LogP contribution in [0.5, 0.6) is 0 Å². The summed E-state index contributed by atoms with van der Waals surface area (Å²) in [4.78, 5) is 30.6. The summed E-state index contributed by atoms with van der Waals surface area (Å²) in [6, 6.07) is 11.0. The maximum absolute atomic E-state index is 13.1. The number of aromatic nitrogens is 1. The summed E-state index contributed by atoms with van der Waals surface area (Å²) in [6.07, 6.45) is 4.20.